The fraction of sp³-hybridized carbons (Fsp3) is 0.846. The quantitative estimate of drug-likeness (QED) is 0.647. The third kappa shape index (κ3) is 4.35. The van der Waals surface area contributed by atoms with Crippen LogP contribution in [0.5, 0.6) is 0 Å². The first kappa shape index (κ1) is 16.7. The van der Waals surface area contributed by atoms with E-state index in [0.717, 1.165) is 0 Å². The molecule has 0 spiro atoms. The number of esters is 1. The van der Waals surface area contributed by atoms with E-state index in [-0.39, 0.29) is 33.0 Å². The lowest BCUT2D eigenvalue weighted by atomic mass is 9.91. The van der Waals surface area contributed by atoms with Crippen molar-refractivity contribution in [3.63, 3.8) is 0 Å². The fourth-order valence-electron chi connectivity index (χ4n) is 1.84. The highest BCUT2D eigenvalue weighted by Gasteiger charge is 2.39. The molecule has 0 aliphatic carbocycles. The number of methoxy groups -OCH3 is 2. The van der Waals surface area contributed by atoms with E-state index in [9.17, 15) is 9.59 Å². The summed E-state index contributed by atoms with van der Waals surface area (Å²) in [6, 6.07) is 0. The average Bonchev–Trinajstić information content (AvgIpc) is 2.40. The van der Waals surface area contributed by atoms with Crippen LogP contribution < -0.4 is 0 Å². The van der Waals surface area contributed by atoms with Gasteiger partial charge in [-0.05, 0) is 13.8 Å². The molecule has 0 amide bonds. The number of hydrogen-bond donors (Lipinski definition) is 0. The first-order chi connectivity index (χ1) is 9.35. The Balaban J connectivity index is 2.54. The topological polar surface area (TPSA) is 80.3 Å². The van der Waals surface area contributed by atoms with E-state index < -0.39 is 23.0 Å². The van der Waals surface area contributed by atoms with Crippen molar-refractivity contribution in [2.24, 2.45) is 10.8 Å². The molecule has 0 saturated carbocycles. The van der Waals surface area contributed by atoms with Crippen LogP contribution in [0.15, 0.2) is 0 Å². The third-order valence-electron chi connectivity index (χ3n) is 3.05. The molecule has 1 heterocycles. The highest BCUT2D eigenvalue weighted by atomic mass is 16.7. The first-order valence-electron chi connectivity index (χ1n) is 6.30. The molecule has 0 aromatic rings. The van der Waals surface area contributed by atoms with Crippen LogP contribution in [-0.2, 0) is 28.5 Å². The monoisotopic (exact) mass is 290 g/mol. The second-order valence-electron chi connectivity index (χ2n) is 5.64. The molecule has 1 rings (SSSR count). The third-order valence-corrected chi connectivity index (χ3v) is 3.05. The van der Waals surface area contributed by atoms with Crippen molar-refractivity contribution in [2.75, 3.05) is 47.3 Å². The molecular weight excluding hydrogens is 268 g/mol. The lowest BCUT2D eigenvalue weighted by Gasteiger charge is -2.33. The Morgan fingerprint density at radius 1 is 1.25 bits per heavy atom. The predicted molar refractivity (Wildman–Crippen MR) is 68.2 cm³/mol. The summed E-state index contributed by atoms with van der Waals surface area (Å²) in [6.07, 6.45) is -0.697. The summed E-state index contributed by atoms with van der Waals surface area (Å²) in [5.41, 5.74) is -1.41. The Bertz CT molecular complexity index is 337. The minimum Gasteiger partial charge on any atom is -0.464 e. The van der Waals surface area contributed by atoms with Crippen molar-refractivity contribution in [3.05, 3.63) is 0 Å². The minimum absolute atomic E-state index is 0.0993. The molecule has 0 radical (unpaired) electrons. The zero-order chi connectivity index (χ0) is 15.2. The van der Waals surface area contributed by atoms with Crippen LogP contribution in [0.2, 0.25) is 0 Å². The molecule has 0 atom stereocenters. The van der Waals surface area contributed by atoms with E-state index >= 15 is 0 Å². The van der Waals surface area contributed by atoms with Gasteiger partial charge in [0.1, 0.15) is 25.2 Å². The summed E-state index contributed by atoms with van der Waals surface area (Å²) in [6.45, 7) is 4.33. The zero-order valence-electron chi connectivity index (χ0n) is 12.4. The highest BCUT2D eigenvalue weighted by Crippen LogP contribution is 2.25. The van der Waals surface area contributed by atoms with Crippen molar-refractivity contribution < 1.29 is 33.3 Å². The van der Waals surface area contributed by atoms with Gasteiger partial charge in [-0.3, -0.25) is 4.79 Å². The zero-order valence-corrected chi connectivity index (χ0v) is 12.4. The molecule has 7 nitrogen and oxygen atoms in total. The van der Waals surface area contributed by atoms with E-state index in [0.29, 0.717) is 0 Å². The van der Waals surface area contributed by atoms with Crippen LogP contribution in [0.3, 0.4) is 0 Å². The van der Waals surface area contributed by atoms with Gasteiger partial charge in [0.25, 0.3) is 0 Å². The number of carbonyl (C=O) groups is 2. The molecule has 0 bridgehead atoms. The normalized spacial score (nSPS) is 18.1. The van der Waals surface area contributed by atoms with Gasteiger partial charge in [-0.2, -0.15) is 0 Å². The van der Waals surface area contributed by atoms with E-state index in [1.54, 1.807) is 6.92 Å². The van der Waals surface area contributed by atoms with Gasteiger partial charge in [0.05, 0.1) is 18.6 Å². The smallest absolute Gasteiger partial charge is 0.464 e. The molecule has 116 valence electrons. The van der Waals surface area contributed by atoms with Gasteiger partial charge in [0.15, 0.2) is 0 Å². The summed E-state index contributed by atoms with van der Waals surface area (Å²) in [5.74, 6) is -0.417. The molecule has 1 saturated heterocycles. The molecule has 1 aliphatic heterocycles. The standard InChI is InChI=1S/C13H22O7/c1-12(6-19-11(15)20-7-12)5-18-10(14)13(2,8-16-3)9-17-4/h5-9H2,1-4H3. The second-order valence-corrected chi connectivity index (χ2v) is 5.64. The maximum absolute atomic E-state index is 12.2. The van der Waals surface area contributed by atoms with E-state index in [4.69, 9.17) is 23.7 Å². The lowest BCUT2D eigenvalue weighted by Crippen LogP contribution is -2.44. The van der Waals surface area contributed by atoms with Crippen LogP contribution in [0.1, 0.15) is 13.8 Å². The van der Waals surface area contributed by atoms with Gasteiger partial charge in [-0.15, -0.1) is 0 Å². The summed E-state index contributed by atoms with van der Waals surface area (Å²) in [4.78, 5) is 23.0. The van der Waals surface area contributed by atoms with Crippen LogP contribution in [0.25, 0.3) is 0 Å². The molecule has 1 aliphatic rings. The van der Waals surface area contributed by atoms with Gasteiger partial charge >= 0.3 is 12.1 Å². The van der Waals surface area contributed by atoms with Crippen molar-refractivity contribution in [1.29, 1.82) is 0 Å². The second kappa shape index (κ2) is 6.90. The number of carbonyl (C=O) groups excluding carboxylic acids is 2. The summed E-state index contributed by atoms with van der Waals surface area (Å²) < 4.78 is 25.0. The largest absolute Gasteiger partial charge is 0.508 e. The molecule has 0 unspecified atom stereocenters. The van der Waals surface area contributed by atoms with E-state index in [2.05, 4.69) is 0 Å². The van der Waals surface area contributed by atoms with Crippen molar-refractivity contribution in [3.8, 4) is 0 Å². The Labute approximate surface area is 118 Å². The number of ether oxygens (including phenoxy) is 5. The van der Waals surface area contributed by atoms with Crippen LogP contribution >= 0.6 is 0 Å². The predicted octanol–water partition coefficient (Wildman–Crippen LogP) is 1.00. The molecule has 0 N–H and O–H groups in total. The van der Waals surface area contributed by atoms with Gasteiger partial charge in [0, 0.05) is 14.2 Å². The van der Waals surface area contributed by atoms with Crippen molar-refractivity contribution in [1.82, 2.24) is 0 Å². The Hall–Kier alpha value is -1.34. The Kier molecular flexibility index (Phi) is 5.76. The SMILES string of the molecule is COCC(C)(COC)C(=O)OCC1(C)COC(=O)OC1. The van der Waals surface area contributed by atoms with Crippen molar-refractivity contribution >= 4 is 12.1 Å². The number of rotatable bonds is 7. The molecule has 20 heavy (non-hydrogen) atoms. The summed E-state index contributed by atoms with van der Waals surface area (Å²) in [5, 5.41) is 0. The minimum atomic E-state index is -0.869. The van der Waals surface area contributed by atoms with Gasteiger partial charge in [-0.25, -0.2) is 4.79 Å². The first-order valence-corrected chi connectivity index (χ1v) is 6.30. The molecular formula is C13H22O7. The Morgan fingerprint density at radius 2 is 1.75 bits per heavy atom. The highest BCUT2D eigenvalue weighted by molar-refractivity contribution is 5.76. The average molecular weight is 290 g/mol. The van der Waals surface area contributed by atoms with Gasteiger partial charge < -0.3 is 23.7 Å². The van der Waals surface area contributed by atoms with Crippen molar-refractivity contribution in [2.45, 2.75) is 13.8 Å². The number of hydrogen-bond acceptors (Lipinski definition) is 7. The van der Waals surface area contributed by atoms with Crippen LogP contribution in [0.4, 0.5) is 4.79 Å². The maximum Gasteiger partial charge on any atom is 0.508 e. The van der Waals surface area contributed by atoms with Gasteiger partial charge in [-0.1, -0.05) is 0 Å². The fourth-order valence-corrected chi connectivity index (χ4v) is 1.84. The van der Waals surface area contributed by atoms with Crippen LogP contribution in [-0.4, -0.2) is 59.4 Å². The molecule has 0 aromatic heterocycles. The molecule has 1 fully saturated rings. The molecule has 0 aromatic carbocycles. The maximum atomic E-state index is 12.2. The summed E-state index contributed by atoms with van der Waals surface area (Å²) >= 11 is 0. The lowest BCUT2D eigenvalue weighted by molar-refractivity contribution is -0.169. The molecule has 7 heteroatoms. The van der Waals surface area contributed by atoms with E-state index in [1.165, 1.54) is 14.2 Å². The summed E-state index contributed by atoms with van der Waals surface area (Å²) in [7, 11) is 3.02. The van der Waals surface area contributed by atoms with Gasteiger partial charge in [0.2, 0.25) is 0 Å². The number of cyclic esters (lactones) is 2. The van der Waals surface area contributed by atoms with Crippen LogP contribution in [0, 0.1) is 10.8 Å². The Morgan fingerprint density at radius 3 is 2.20 bits per heavy atom. The van der Waals surface area contributed by atoms with E-state index in [1.807, 2.05) is 6.92 Å².